The van der Waals surface area contributed by atoms with Crippen LogP contribution < -0.4 is 14.8 Å². The summed E-state index contributed by atoms with van der Waals surface area (Å²) in [5.41, 5.74) is 2.81. The molecule has 44 heavy (non-hydrogen) atoms. The molecule has 3 aromatic carbocycles. The second-order valence-corrected chi connectivity index (χ2v) is 18.4. The maximum absolute atomic E-state index is 14.8. The number of halogens is 1. The summed E-state index contributed by atoms with van der Waals surface area (Å²) in [4.78, 5) is 16.7. The Kier molecular flexibility index (Phi) is 8.71. The zero-order valence-corrected chi connectivity index (χ0v) is 28.8. The van der Waals surface area contributed by atoms with Crippen LogP contribution in [0.4, 0.5) is 5.69 Å². The van der Waals surface area contributed by atoms with Gasteiger partial charge in [0.25, 0.3) is 5.91 Å². The Hall–Kier alpha value is -3.06. The number of hydrogen-bond acceptors (Lipinski definition) is 6. The van der Waals surface area contributed by atoms with Crippen LogP contribution in [0.25, 0.3) is 0 Å². The lowest BCUT2D eigenvalue weighted by Crippen LogP contribution is -2.51. The molecule has 0 aliphatic carbocycles. The summed E-state index contributed by atoms with van der Waals surface area (Å²) in [7, 11) is -0.545. The molecule has 0 radical (unpaired) electrons. The van der Waals surface area contributed by atoms with Crippen molar-refractivity contribution < 1.29 is 19.4 Å². The number of nitrogens with zero attached hydrogens (tertiary/aromatic N) is 4. The Bertz CT molecular complexity index is 1630. The van der Waals surface area contributed by atoms with E-state index in [-0.39, 0.29) is 30.1 Å². The number of aliphatic hydroxyl groups is 1. The molecule has 10 heteroatoms. The number of carbonyl (C=O) groups excluding carboxylic acids is 1. The first kappa shape index (κ1) is 30.9. The molecule has 0 saturated carbocycles. The summed E-state index contributed by atoms with van der Waals surface area (Å²) >= 11 is 2.31. The van der Waals surface area contributed by atoms with E-state index in [2.05, 4.69) is 101 Å². The van der Waals surface area contributed by atoms with E-state index < -0.39 is 13.7 Å². The monoisotopic (exact) mass is 722 g/mol. The van der Waals surface area contributed by atoms with Gasteiger partial charge in [-0.2, -0.15) is 0 Å². The first-order valence-corrected chi connectivity index (χ1v) is 19.3. The molecule has 2 aliphatic rings. The fraction of sp³-hybridized carbons (Fsp3) is 0.382. The fourth-order valence-electron chi connectivity index (χ4n) is 7.40. The molecule has 4 atom stereocenters. The van der Waals surface area contributed by atoms with Crippen molar-refractivity contribution in [2.75, 3.05) is 18.6 Å². The summed E-state index contributed by atoms with van der Waals surface area (Å²) in [5.74, 6) is 0.786. The molecule has 1 spiro atoms. The second kappa shape index (κ2) is 12.4. The summed E-state index contributed by atoms with van der Waals surface area (Å²) in [6.45, 7) is 8.16. The number of amides is 1. The first-order chi connectivity index (χ1) is 21.2. The van der Waals surface area contributed by atoms with Gasteiger partial charge in [-0.15, -0.1) is 5.10 Å². The second-order valence-electron chi connectivity index (χ2n) is 12.4. The molecular weight excluding hydrogens is 683 g/mol. The van der Waals surface area contributed by atoms with Gasteiger partial charge in [-0.05, 0) is 70.4 Å². The number of rotatable bonds is 10. The summed E-state index contributed by atoms with van der Waals surface area (Å²) in [6.07, 6.45) is 2.89. The number of fused-ring (bicyclic) bond motifs is 2. The third kappa shape index (κ3) is 5.39. The van der Waals surface area contributed by atoms with Gasteiger partial charge in [0, 0.05) is 40.8 Å². The number of methoxy groups -OCH3 is 1. The van der Waals surface area contributed by atoms with E-state index in [1.807, 2.05) is 40.0 Å². The summed E-state index contributed by atoms with van der Waals surface area (Å²) in [5, 5.41) is 19.2. The minimum absolute atomic E-state index is 0.0165. The standard InChI is InChI=1S/C34H39IN4O4Si/c1-23-32(44(3,4)28-15-13-27(42-2)14-16-28)31(17-19-38-22-26(18-20-40)36-37-38)43-34(23)29-7-5-6-8-30(29)39(33(34)41)21-24-9-11-25(35)12-10-24/h5-16,22-23,31-32,40H,17-21H2,1-4H3/t23-,31+,32-,34+/m0/s1. The molecule has 6 rings (SSSR count). The van der Waals surface area contributed by atoms with Crippen molar-refractivity contribution in [3.63, 3.8) is 0 Å². The Morgan fingerprint density at radius 2 is 1.80 bits per heavy atom. The van der Waals surface area contributed by atoms with Crippen LogP contribution in [-0.2, 0) is 34.6 Å². The first-order valence-electron chi connectivity index (χ1n) is 15.2. The maximum Gasteiger partial charge on any atom is 0.264 e. The third-order valence-corrected chi connectivity index (χ3v) is 14.7. The lowest BCUT2D eigenvalue weighted by molar-refractivity contribution is -0.146. The van der Waals surface area contributed by atoms with Crippen molar-refractivity contribution in [1.29, 1.82) is 0 Å². The van der Waals surface area contributed by atoms with Crippen LogP contribution in [0.1, 0.15) is 30.2 Å². The maximum atomic E-state index is 14.8. The fourth-order valence-corrected chi connectivity index (χ4v) is 11.8. The number of anilines is 1. The minimum atomic E-state index is -2.23. The summed E-state index contributed by atoms with van der Waals surface area (Å²) in [6, 6.07) is 24.9. The number of aliphatic hydroxyl groups excluding tert-OH is 1. The normalized spacial score (nSPS) is 23.0. The minimum Gasteiger partial charge on any atom is -0.497 e. The molecule has 230 valence electrons. The predicted octanol–water partition coefficient (Wildman–Crippen LogP) is 5.28. The molecule has 2 aliphatic heterocycles. The summed E-state index contributed by atoms with van der Waals surface area (Å²) < 4.78 is 15.7. The van der Waals surface area contributed by atoms with Crippen molar-refractivity contribution in [3.05, 3.63) is 99.4 Å². The van der Waals surface area contributed by atoms with Crippen molar-refractivity contribution in [2.24, 2.45) is 5.92 Å². The van der Waals surface area contributed by atoms with Gasteiger partial charge >= 0.3 is 0 Å². The molecule has 8 nitrogen and oxygen atoms in total. The van der Waals surface area contributed by atoms with Crippen LogP contribution in [0, 0.1) is 9.49 Å². The topological polar surface area (TPSA) is 89.7 Å². The lowest BCUT2D eigenvalue weighted by atomic mass is 9.82. The molecule has 1 fully saturated rings. The van der Waals surface area contributed by atoms with Gasteiger partial charge in [-0.1, -0.05) is 72.9 Å². The van der Waals surface area contributed by atoms with Gasteiger partial charge in [0.2, 0.25) is 0 Å². The molecular formula is C34H39IN4O4Si. The Labute approximate surface area is 273 Å². The van der Waals surface area contributed by atoms with Crippen LogP contribution in [0.15, 0.2) is 79.0 Å². The van der Waals surface area contributed by atoms with Gasteiger partial charge in [0.15, 0.2) is 5.60 Å². The van der Waals surface area contributed by atoms with Crippen LogP contribution in [0.3, 0.4) is 0 Å². The average Bonchev–Trinajstić information content (AvgIpc) is 3.67. The SMILES string of the molecule is COc1ccc([Si](C)(C)[C@@H]2[C@@H](CCn3cc(CCO)nn3)O[C@]3(C(=O)N(Cc4ccc(I)cc4)c4ccccc43)[C@H]2C)cc1. The van der Waals surface area contributed by atoms with Crippen LogP contribution in [-0.4, -0.2) is 53.9 Å². The van der Waals surface area contributed by atoms with Gasteiger partial charge in [0.1, 0.15) is 5.75 Å². The molecule has 1 amide bonds. The highest BCUT2D eigenvalue weighted by Crippen LogP contribution is 2.60. The molecule has 1 aromatic heterocycles. The van der Waals surface area contributed by atoms with E-state index in [0.29, 0.717) is 25.9 Å². The zero-order chi connectivity index (χ0) is 31.1. The molecule has 1 N–H and O–H groups in total. The van der Waals surface area contributed by atoms with Gasteiger partial charge in [-0.25, -0.2) is 0 Å². The van der Waals surface area contributed by atoms with Gasteiger partial charge < -0.3 is 19.5 Å². The Morgan fingerprint density at radius 1 is 1.07 bits per heavy atom. The van der Waals surface area contributed by atoms with E-state index in [0.717, 1.165) is 31.8 Å². The van der Waals surface area contributed by atoms with E-state index in [4.69, 9.17) is 9.47 Å². The van der Waals surface area contributed by atoms with Crippen LogP contribution >= 0.6 is 22.6 Å². The Balaban J connectivity index is 1.39. The number of hydrogen-bond donors (Lipinski definition) is 1. The molecule has 0 bridgehead atoms. The van der Waals surface area contributed by atoms with E-state index in [1.165, 1.54) is 5.19 Å². The zero-order valence-electron chi connectivity index (χ0n) is 25.6. The van der Waals surface area contributed by atoms with Crippen LogP contribution in [0.5, 0.6) is 5.75 Å². The van der Waals surface area contributed by atoms with Crippen LogP contribution in [0.2, 0.25) is 18.6 Å². The molecule has 4 aromatic rings. The smallest absolute Gasteiger partial charge is 0.264 e. The third-order valence-electron chi connectivity index (χ3n) is 9.59. The molecule has 1 saturated heterocycles. The quantitative estimate of drug-likeness (QED) is 0.177. The molecule has 0 unspecified atom stereocenters. The number of carbonyl (C=O) groups is 1. The largest absolute Gasteiger partial charge is 0.497 e. The highest BCUT2D eigenvalue weighted by Gasteiger charge is 2.66. The number of ether oxygens (including phenoxy) is 2. The van der Waals surface area contributed by atoms with E-state index in [9.17, 15) is 9.90 Å². The number of benzene rings is 3. The predicted molar refractivity (Wildman–Crippen MR) is 182 cm³/mol. The van der Waals surface area contributed by atoms with Crippen molar-refractivity contribution >= 4 is 47.4 Å². The average molecular weight is 723 g/mol. The van der Waals surface area contributed by atoms with E-state index in [1.54, 1.807) is 7.11 Å². The number of aromatic nitrogens is 3. The van der Waals surface area contributed by atoms with Crippen molar-refractivity contribution in [3.8, 4) is 5.75 Å². The van der Waals surface area contributed by atoms with E-state index >= 15 is 0 Å². The number of para-hydroxylation sites is 1. The highest BCUT2D eigenvalue weighted by molar-refractivity contribution is 14.1. The van der Waals surface area contributed by atoms with Crippen molar-refractivity contribution in [2.45, 2.75) is 63.2 Å². The highest BCUT2D eigenvalue weighted by atomic mass is 127. The van der Waals surface area contributed by atoms with Crippen molar-refractivity contribution in [1.82, 2.24) is 15.0 Å². The molecule has 3 heterocycles. The van der Waals surface area contributed by atoms with Gasteiger partial charge in [-0.3, -0.25) is 9.48 Å². The lowest BCUT2D eigenvalue weighted by Gasteiger charge is -2.37. The van der Waals surface area contributed by atoms with Gasteiger partial charge in [0.05, 0.1) is 39.2 Å². The Morgan fingerprint density at radius 3 is 2.50 bits per heavy atom. The number of aryl methyl sites for hydroxylation is 1.